The van der Waals surface area contributed by atoms with Gasteiger partial charge in [-0.2, -0.15) is 0 Å². The summed E-state index contributed by atoms with van der Waals surface area (Å²) in [7, 11) is 1.77. The van der Waals surface area contributed by atoms with Crippen molar-refractivity contribution in [1.29, 1.82) is 0 Å². The Morgan fingerprint density at radius 2 is 1.86 bits per heavy atom. The fraction of sp³-hybridized carbons (Fsp3) is 0.353. The molecule has 0 aliphatic carbocycles. The van der Waals surface area contributed by atoms with Gasteiger partial charge in [-0.05, 0) is 62.2 Å². The predicted octanol–water partition coefficient (Wildman–Crippen LogP) is 2.61. The van der Waals surface area contributed by atoms with Crippen molar-refractivity contribution in [1.82, 2.24) is 4.57 Å². The molecule has 1 aromatic carbocycles. The first-order valence-electron chi connectivity index (χ1n) is 7.10. The quantitative estimate of drug-likeness (QED) is 0.940. The molecule has 1 heterocycles. The normalized spacial score (nSPS) is 11.0. The number of aryl methyl sites for hydroxylation is 1. The van der Waals surface area contributed by atoms with Gasteiger partial charge in [0.15, 0.2) is 0 Å². The average Bonchev–Trinajstić information content (AvgIpc) is 2.44. The molecule has 0 spiro atoms. The van der Waals surface area contributed by atoms with E-state index in [0.29, 0.717) is 5.56 Å². The van der Waals surface area contributed by atoms with Gasteiger partial charge in [-0.25, -0.2) is 0 Å². The summed E-state index contributed by atoms with van der Waals surface area (Å²) >= 11 is 0. The second kappa shape index (κ2) is 6.14. The second-order valence-electron chi connectivity index (χ2n) is 5.45. The zero-order valence-electron chi connectivity index (χ0n) is 13.0. The third kappa shape index (κ3) is 3.16. The molecule has 0 amide bonds. The number of aromatic nitrogens is 1. The largest absolute Gasteiger partial charge is 0.491 e. The summed E-state index contributed by atoms with van der Waals surface area (Å²) in [4.78, 5) is 12.3. The van der Waals surface area contributed by atoms with E-state index in [2.05, 4.69) is 0 Å². The van der Waals surface area contributed by atoms with E-state index >= 15 is 0 Å². The van der Waals surface area contributed by atoms with Crippen LogP contribution in [-0.2, 0) is 13.6 Å². The van der Waals surface area contributed by atoms with Crippen molar-refractivity contribution in [3.8, 4) is 17.0 Å². The summed E-state index contributed by atoms with van der Waals surface area (Å²) in [6, 6.07) is 9.78. The van der Waals surface area contributed by atoms with Crippen molar-refractivity contribution in [2.75, 3.05) is 0 Å². The third-order valence-electron chi connectivity index (χ3n) is 3.48. The molecule has 0 bridgehead atoms. The number of ether oxygens (including phenoxy) is 1. The van der Waals surface area contributed by atoms with Crippen molar-refractivity contribution >= 4 is 0 Å². The molecule has 2 N–H and O–H groups in total. The molecule has 0 saturated heterocycles. The van der Waals surface area contributed by atoms with Gasteiger partial charge in [-0.15, -0.1) is 0 Å². The SMILES string of the molecule is Cc1cc(-c2ccc(OC(C)C)cc2)n(C)c(=O)c1CN. The summed E-state index contributed by atoms with van der Waals surface area (Å²) in [6.45, 7) is 6.17. The number of nitrogens with zero attached hydrogens (tertiary/aromatic N) is 1. The van der Waals surface area contributed by atoms with Gasteiger partial charge >= 0.3 is 0 Å². The lowest BCUT2D eigenvalue weighted by atomic mass is 10.1. The molecule has 0 unspecified atom stereocenters. The maximum atomic E-state index is 12.3. The Hall–Kier alpha value is -2.07. The van der Waals surface area contributed by atoms with Gasteiger partial charge in [0, 0.05) is 19.2 Å². The van der Waals surface area contributed by atoms with E-state index in [4.69, 9.17) is 10.5 Å². The number of hydrogen-bond donors (Lipinski definition) is 1. The maximum absolute atomic E-state index is 12.3. The van der Waals surface area contributed by atoms with E-state index in [-0.39, 0.29) is 18.2 Å². The molecule has 2 rings (SSSR count). The number of pyridine rings is 1. The molecule has 0 aliphatic rings. The highest BCUT2D eigenvalue weighted by molar-refractivity contribution is 5.62. The Morgan fingerprint density at radius 1 is 1.24 bits per heavy atom. The lowest BCUT2D eigenvalue weighted by Gasteiger charge is -2.14. The molecule has 0 radical (unpaired) electrons. The van der Waals surface area contributed by atoms with Crippen LogP contribution < -0.4 is 16.0 Å². The van der Waals surface area contributed by atoms with Crippen LogP contribution in [0.2, 0.25) is 0 Å². The molecule has 0 saturated carbocycles. The van der Waals surface area contributed by atoms with Crippen molar-refractivity contribution in [3.63, 3.8) is 0 Å². The minimum atomic E-state index is -0.0324. The summed E-state index contributed by atoms with van der Waals surface area (Å²) < 4.78 is 7.28. The van der Waals surface area contributed by atoms with Crippen LogP contribution in [0.15, 0.2) is 35.1 Å². The van der Waals surface area contributed by atoms with Crippen molar-refractivity contribution < 1.29 is 4.74 Å². The van der Waals surface area contributed by atoms with Crippen LogP contribution in [0.4, 0.5) is 0 Å². The van der Waals surface area contributed by atoms with E-state index in [1.807, 2.05) is 51.1 Å². The number of nitrogens with two attached hydrogens (primary N) is 1. The molecule has 2 aromatic rings. The van der Waals surface area contributed by atoms with Gasteiger partial charge in [0.1, 0.15) is 5.75 Å². The topological polar surface area (TPSA) is 57.2 Å². The van der Waals surface area contributed by atoms with Crippen molar-refractivity contribution in [2.24, 2.45) is 12.8 Å². The van der Waals surface area contributed by atoms with Crippen LogP contribution in [-0.4, -0.2) is 10.7 Å². The predicted molar refractivity (Wildman–Crippen MR) is 85.5 cm³/mol. The van der Waals surface area contributed by atoms with Crippen molar-refractivity contribution in [2.45, 2.75) is 33.4 Å². The summed E-state index contributed by atoms with van der Waals surface area (Å²) in [6.07, 6.45) is 0.145. The van der Waals surface area contributed by atoms with Gasteiger partial charge in [-0.1, -0.05) is 0 Å². The smallest absolute Gasteiger partial charge is 0.255 e. The molecule has 0 fully saturated rings. The van der Waals surface area contributed by atoms with E-state index < -0.39 is 0 Å². The van der Waals surface area contributed by atoms with Gasteiger partial charge in [0.2, 0.25) is 0 Å². The van der Waals surface area contributed by atoms with Crippen LogP contribution in [0.1, 0.15) is 25.0 Å². The Morgan fingerprint density at radius 3 is 2.38 bits per heavy atom. The lowest BCUT2D eigenvalue weighted by molar-refractivity contribution is 0.242. The third-order valence-corrected chi connectivity index (χ3v) is 3.48. The van der Waals surface area contributed by atoms with E-state index in [0.717, 1.165) is 22.6 Å². The maximum Gasteiger partial charge on any atom is 0.255 e. The minimum absolute atomic E-state index is 0.0324. The van der Waals surface area contributed by atoms with Crippen LogP contribution in [0.3, 0.4) is 0 Å². The van der Waals surface area contributed by atoms with Crippen LogP contribution in [0.5, 0.6) is 5.75 Å². The van der Waals surface area contributed by atoms with E-state index in [9.17, 15) is 4.79 Å². The summed E-state index contributed by atoms with van der Waals surface area (Å²) in [5.74, 6) is 0.828. The first kappa shape index (κ1) is 15.3. The summed E-state index contributed by atoms with van der Waals surface area (Å²) in [5, 5.41) is 0. The van der Waals surface area contributed by atoms with Gasteiger partial charge in [0.05, 0.1) is 11.8 Å². The molecule has 4 heteroatoms. The van der Waals surface area contributed by atoms with Crippen LogP contribution in [0.25, 0.3) is 11.3 Å². The van der Waals surface area contributed by atoms with Gasteiger partial charge in [0.25, 0.3) is 5.56 Å². The highest BCUT2D eigenvalue weighted by Crippen LogP contribution is 2.23. The van der Waals surface area contributed by atoms with Gasteiger partial charge in [-0.3, -0.25) is 4.79 Å². The zero-order chi connectivity index (χ0) is 15.6. The monoisotopic (exact) mass is 286 g/mol. The molecular formula is C17H22N2O2. The molecule has 0 aliphatic heterocycles. The Balaban J connectivity index is 2.45. The zero-order valence-corrected chi connectivity index (χ0v) is 13.0. The number of rotatable bonds is 4. The Labute approximate surface area is 125 Å². The highest BCUT2D eigenvalue weighted by atomic mass is 16.5. The van der Waals surface area contributed by atoms with Crippen LogP contribution in [0, 0.1) is 6.92 Å². The second-order valence-corrected chi connectivity index (χ2v) is 5.45. The molecule has 21 heavy (non-hydrogen) atoms. The Bertz CT molecular complexity index is 685. The summed E-state index contributed by atoms with van der Waals surface area (Å²) in [5.41, 5.74) is 9.07. The first-order valence-corrected chi connectivity index (χ1v) is 7.10. The fourth-order valence-electron chi connectivity index (χ4n) is 2.37. The van der Waals surface area contributed by atoms with Crippen molar-refractivity contribution in [3.05, 3.63) is 51.8 Å². The van der Waals surface area contributed by atoms with E-state index in [1.165, 1.54) is 0 Å². The first-order chi connectivity index (χ1) is 9.93. The minimum Gasteiger partial charge on any atom is -0.491 e. The lowest BCUT2D eigenvalue weighted by Crippen LogP contribution is -2.25. The van der Waals surface area contributed by atoms with E-state index in [1.54, 1.807) is 11.6 Å². The molecular weight excluding hydrogens is 264 g/mol. The molecule has 1 aromatic heterocycles. The standard InChI is InChI=1S/C17H22N2O2/c1-11(2)21-14-7-5-13(6-8-14)16-9-12(3)15(10-18)17(20)19(16)4/h5-9,11H,10,18H2,1-4H3. The Kier molecular flexibility index (Phi) is 4.48. The molecule has 112 valence electrons. The average molecular weight is 286 g/mol. The van der Waals surface area contributed by atoms with Crippen LogP contribution >= 0.6 is 0 Å². The number of hydrogen-bond acceptors (Lipinski definition) is 3. The van der Waals surface area contributed by atoms with Gasteiger partial charge < -0.3 is 15.0 Å². The molecule has 4 nitrogen and oxygen atoms in total. The number of benzene rings is 1. The fourth-order valence-corrected chi connectivity index (χ4v) is 2.37. The highest BCUT2D eigenvalue weighted by Gasteiger charge is 2.10. The molecule has 0 atom stereocenters.